The van der Waals surface area contributed by atoms with Crippen LogP contribution in [-0.2, 0) is 6.54 Å². The predicted molar refractivity (Wildman–Crippen MR) is 96.3 cm³/mol. The Morgan fingerprint density at radius 2 is 1.96 bits per heavy atom. The molecule has 1 N–H and O–H groups in total. The van der Waals surface area contributed by atoms with Gasteiger partial charge < -0.3 is 10.0 Å². The molecule has 1 aromatic heterocycles. The maximum atomic E-state index is 9.51. The summed E-state index contributed by atoms with van der Waals surface area (Å²) in [5.41, 5.74) is 0.988. The Morgan fingerprint density at radius 3 is 2.64 bits per heavy atom. The Kier molecular flexibility index (Phi) is 6.12. The fourth-order valence-electron chi connectivity index (χ4n) is 3.55. The second-order valence-corrected chi connectivity index (χ2v) is 7.13. The molecule has 1 aliphatic rings. The molecule has 1 unspecified atom stereocenters. The first-order valence-corrected chi connectivity index (χ1v) is 9.03. The van der Waals surface area contributed by atoms with Crippen LogP contribution in [0.25, 0.3) is 5.69 Å². The Morgan fingerprint density at radius 1 is 1.24 bits per heavy atom. The van der Waals surface area contributed by atoms with E-state index in [0.717, 1.165) is 44.2 Å². The molecule has 1 aliphatic heterocycles. The quantitative estimate of drug-likeness (QED) is 0.813. The summed E-state index contributed by atoms with van der Waals surface area (Å²) >= 11 is 0. The van der Waals surface area contributed by atoms with E-state index < -0.39 is 0 Å². The van der Waals surface area contributed by atoms with Crippen molar-refractivity contribution in [3.63, 3.8) is 0 Å². The highest BCUT2D eigenvalue weighted by Gasteiger charge is 2.22. The van der Waals surface area contributed by atoms with E-state index in [9.17, 15) is 5.11 Å². The van der Waals surface area contributed by atoms with Crippen molar-refractivity contribution in [1.82, 2.24) is 30.0 Å². The lowest BCUT2D eigenvalue weighted by atomic mass is 9.96. The van der Waals surface area contributed by atoms with E-state index in [-0.39, 0.29) is 6.10 Å². The molecule has 0 saturated carbocycles. The third kappa shape index (κ3) is 5.07. The Labute approximate surface area is 149 Å². The van der Waals surface area contributed by atoms with E-state index in [1.807, 2.05) is 41.9 Å². The second kappa shape index (κ2) is 8.51. The smallest absolute Gasteiger partial charge is 0.170 e. The number of benzene rings is 1. The highest BCUT2D eigenvalue weighted by Crippen LogP contribution is 2.19. The van der Waals surface area contributed by atoms with Gasteiger partial charge in [-0.15, -0.1) is 5.10 Å². The van der Waals surface area contributed by atoms with Crippen LogP contribution < -0.4 is 0 Å². The summed E-state index contributed by atoms with van der Waals surface area (Å²) in [7, 11) is 2.13. The Balaban J connectivity index is 1.51. The van der Waals surface area contributed by atoms with Gasteiger partial charge in [-0.1, -0.05) is 18.2 Å². The zero-order valence-electron chi connectivity index (χ0n) is 15.1. The van der Waals surface area contributed by atoms with E-state index in [1.165, 1.54) is 12.8 Å². The number of aromatic nitrogens is 4. The fraction of sp³-hybridized carbons (Fsp3) is 0.611. The van der Waals surface area contributed by atoms with Gasteiger partial charge in [0.2, 0.25) is 0 Å². The molecule has 2 aromatic rings. The summed E-state index contributed by atoms with van der Waals surface area (Å²) in [4.78, 5) is 4.66. The van der Waals surface area contributed by atoms with Gasteiger partial charge in [-0.3, -0.25) is 4.90 Å². The van der Waals surface area contributed by atoms with Gasteiger partial charge in [-0.25, -0.2) is 0 Å². The number of rotatable bonds is 7. The van der Waals surface area contributed by atoms with Crippen LogP contribution >= 0.6 is 0 Å². The van der Waals surface area contributed by atoms with Gasteiger partial charge in [0.15, 0.2) is 5.82 Å². The molecule has 0 amide bonds. The first-order chi connectivity index (χ1) is 12.1. The van der Waals surface area contributed by atoms with Crippen LogP contribution in [0.3, 0.4) is 0 Å². The van der Waals surface area contributed by atoms with Crippen molar-refractivity contribution in [2.45, 2.75) is 32.4 Å². The number of tetrazole rings is 1. The first-order valence-electron chi connectivity index (χ1n) is 9.03. The molecular weight excluding hydrogens is 316 g/mol. The lowest BCUT2D eigenvalue weighted by Gasteiger charge is -2.34. The van der Waals surface area contributed by atoms with Crippen LogP contribution in [0.1, 0.15) is 25.6 Å². The first kappa shape index (κ1) is 18.0. The SMILES string of the molecule is CC(O)CN1CCC(CN(C)Cc2nnnn2-c2ccccc2)CC1. The molecule has 7 heteroatoms. The molecule has 1 fully saturated rings. The zero-order valence-corrected chi connectivity index (χ0v) is 15.1. The number of para-hydroxylation sites is 1. The molecule has 1 atom stereocenters. The molecule has 1 saturated heterocycles. The summed E-state index contributed by atoms with van der Waals surface area (Å²) in [6.07, 6.45) is 2.12. The molecule has 0 aliphatic carbocycles. The Hall–Kier alpha value is -1.83. The number of aliphatic hydroxyl groups excluding tert-OH is 1. The van der Waals surface area contributed by atoms with Gasteiger partial charge in [0.1, 0.15) is 0 Å². The second-order valence-electron chi connectivity index (χ2n) is 7.13. The molecule has 0 bridgehead atoms. The fourth-order valence-corrected chi connectivity index (χ4v) is 3.55. The lowest BCUT2D eigenvalue weighted by Crippen LogP contribution is -2.40. The van der Waals surface area contributed by atoms with E-state index in [0.29, 0.717) is 5.92 Å². The van der Waals surface area contributed by atoms with Crippen molar-refractivity contribution >= 4 is 0 Å². The van der Waals surface area contributed by atoms with Crippen molar-refractivity contribution in [2.75, 3.05) is 33.2 Å². The number of aliphatic hydroxyl groups is 1. The average Bonchev–Trinajstić information content (AvgIpc) is 3.05. The van der Waals surface area contributed by atoms with Crippen LogP contribution in [0.4, 0.5) is 0 Å². The molecule has 25 heavy (non-hydrogen) atoms. The topological polar surface area (TPSA) is 70.3 Å². The zero-order chi connectivity index (χ0) is 17.6. The summed E-state index contributed by atoms with van der Waals surface area (Å²) in [6, 6.07) is 10.00. The van der Waals surface area contributed by atoms with Crippen molar-refractivity contribution < 1.29 is 5.11 Å². The van der Waals surface area contributed by atoms with Gasteiger partial charge in [0, 0.05) is 13.1 Å². The molecule has 2 heterocycles. The van der Waals surface area contributed by atoms with Crippen LogP contribution in [0.2, 0.25) is 0 Å². The number of nitrogens with zero attached hydrogens (tertiary/aromatic N) is 6. The summed E-state index contributed by atoms with van der Waals surface area (Å²) in [6.45, 7) is 6.57. The minimum atomic E-state index is -0.240. The number of likely N-dealkylation sites (tertiary alicyclic amines) is 1. The predicted octanol–water partition coefficient (Wildman–Crippen LogP) is 1.19. The molecule has 1 aromatic carbocycles. The third-order valence-electron chi connectivity index (χ3n) is 4.75. The number of hydrogen-bond donors (Lipinski definition) is 1. The average molecular weight is 344 g/mol. The van der Waals surface area contributed by atoms with E-state index in [2.05, 4.69) is 32.4 Å². The van der Waals surface area contributed by atoms with Crippen LogP contribution in [-0.4, -0.2) is 74.4 Å². The summed E-state index contributed by atoms with van der Waals surface area (Å²) in [5.74, 6) is 1.55. The number of β-amino-alcohol motifs (C(OH)–C–C–N with tert-alkyl or cyclic N) is 1. The van der Waals surface area contributed by atoms with Crippen molar-refractivity contribution in [2.24, 2.45) is 5.92 Å². The van der Waals surface area contributed by atoms with E-state index >= 15 is 0 Å². The van der Waals surface area contributed by atoms with Gasteiger partial charge in [-0.2, -0.15) is 4.68 Å². The van der Waals surface area contributed by atoms with Crippen LogP contribution in [0.15, 0.2) is 30.3 Å². The highest BCUT2D eigenvalue weighted by molar-refractivity contribution is 5.30. The number of piperidine rings is 1. The molecule has 7 nitrogen and oxygen atoms in total. The normalized spacial score (nSPS) is 17.9. The van der Waals surface area contributed by atoms with Gasteiger partial charge in [0.25, 0.3) is 0 Å². The Bertz CT molecular complexity index is 636. The molecule has 136 valence electrons. The van der Waals surface area contributed by atoms with E-state index in [4.69, 9.17) is 0 Å². The minimum Gasteiger partial charge on any atom is -0.392 e. The van der Waals surface area contributed by atoms with E-state index in [1.54, 1.807) is 0 Å². The van der Waals surface area contributed by atoms with Gasteiger partial charge >= 0.3 is 0 Å². The van der Waals surface area contributed by atoms with Crippen LogP contribution in [0.5, 0.6) is 0 Å². The summed E-state index contributed by atoms with van der Waals surface area (Å²) in [5, 5.41) is 21.7. The van der Waals surface area contributed by atoms with Gasteiger partial charge in [0.05, 0.1) is 18.3 Å². The minimum absolute atomic E-state index is 0.240. The molecule has 0 spiro atoms. The monoisotopic (exact) mass is 344 g/mol. The molecular formula is C18H28N6O. The lowest BCUT2D eigenvalue weighted by molar-refractivity contribution is 0.0916. The van der Waals surface area contributed by atoms with Crippen molar-refractivity contribution in [3.05, 3.63) is 36.2 Å². The maximum absolute atomic E-state index is 9.51. The summed E-state index contributed by atoms with van der Waals surface area (Å²) < 4.78 is 1.81. The standard InChI is InChI=1S/C18H28N6O/c1-15(25)12-23-10-8-16(9-11-23)13-22(2)14-18-19-20-21-24(18)17-6-4-3-5-7-17/h3-7,15-16,25H,8-14H2,1-2H3. The van der Waals surface area contributed by atoms with Crippen LogP contribution in [0, 0.1) is 5.92 Å². The van der Waals surface area contributed by atoms with Gasteiger partial charge in [-0.05, 0) is 68.4 Å². The van der Waals surface area contributed by atoms with Crippen molar-refractivity contribution in [1.29, 1.82) is 0 Å². The maximum Gasteiger partial charge on any atom is 0.170 e. The van der Waals surface area contributed by atoms with Crippen molar-refractivity contribution in [3.8, 4) is 5.69 Å². The third-order valence-corrected chi connectivity index (χ3v) is 4.75. The molecule has 3 rings (SSSR count). The molecule has 0 radical (unpaired) electrons. The highest BCUT2D eigenvalue weighted by atomic mass is 16.3. The number of hydrogen-bond acceptors (Lipinski definition) is 6. The largest absolute Gasteiger partial charge is 0.392 e.